The SMILES string of the molecule is [2H]C([2H])([2H])N(c1nc2c(ncn2[C@@H]2O[C@H](CO)[C@@H](O)[C@H]2O)c(=O)[nH]1)C([2H])([2H])[2H]. The Morgan fingerprint density at radius 2 is 2.27 bits per heavy atom. The lowest BCUT2D eigenvalue weighted by Gasteiger charge is -2.17. The molecule has 10 nitrogen and oxygen atoms in total. The van der Waals surface area contributed by atoms with E-state index in [-0.39, 0.29) is 16.1 Å². The number of hydrogen-bond acceptors (Lipinski definition) is 8. The Balaban J connectivity index is 2.16. The second kappa shape index (κ2) is 5.32. The summed E-state index contributed by atoms with van der Waals surface area (Å²) in [7, 11) is 0. The van der Waals surface area contributed by atoms with Crippen LogP contribution in [0.3, 0.4) is 0 Å². The molecule has 22 heavy (non-hydrogen) atoms. The van der Waals surface area contributed by atoms with Gasteiger partial charge in [0.25, 0.3) is 5.56 Å². The van der Waals surface area contributed by atoms with Crippen molar-refractivity contribution < 1.29 is 28.3 Å². The van der Waals surface area contributed by atoms with Gasteiger partial charge < -0.3 is 25.0 Å². The molecule has 2 aromatic rings. The van der Waals surface area contributed by atoms with Crippen LogP contribution in [0.2, 0.25) is 0 Å². The summed E-state index contributed by atoms with van der Waals surface area (Å²) in [6.07, 6.45) is -4.30. The number of aliphatic hydroxyl groups is 3. The van der Waals surface area contributed by atoms with Gasteiger partial charge in [0.05, 0.1) is 12.9 Å². The first-order valence-electron chi connectivity index (χ1n) is 9.26. The van der Waals surface area contributed by atoms with Crippen molar-refractivity contribution in [3.8, 4) is 0 Å². The van der Waals surface area contributed by atoms with Crippen molar-refractivity contribution in [2.24, 2.45) is 0 Å². The smallest absolute Gasteiger partial charge is 0.280 e. The van der Waals surface area contributed by atoms with Crippen molar-refractivity contribution in [3.05, 3.63) is 16.7 Å². The molecule has 4 atom stereocenters. The number of ether oxygens (including phenoxy) is 1. The lowest BCUT2D eigenvalue weighted by Crippen LogP contribution is -2.33. The Morgan fingerprint density at radius 3 is 2.91 bits per heavy atom. The first kappa shape index (κ1) is 9.20. The number of fused-ring (bicyclic) bond motifs is 1. The van der Waals surface area contributed by atoms with Crippen LogP contribution in [0.25, 0.3) is 11.2 Å². The van der Waals surface area contributed by atoms with E-state index < -0.39 is 56.6 Å². The summed E-state index contributed by atoms with van der Waals surface area (Å²) in [5.74, 6) is -0.758. The second-order valence-electron chi connectivity index (χ2n) is 4.78. The fraction of sp³-hybridized carbons (Fsp3) is 0.583. The van der Waals surface area contributed by atoms with E-state index in [1.54, 1.807) is 0 Å². The number of nitrogens with one attached hydrogen (secondary N) is 1. The molecular formula is C12H17N5O5. The van der Waals surface area contributed by atoms with Gasteiger partial charge in [-0.3, -0.25) is 14.3 Å². The van der Waals surface area contributed by atoms with Gasteiger partial charge in [0.2, 0.25) is 5.95 Å². The van der Waals surface area contributed by atoms with Crippen LogP contribution < -0.4 is 10.5 Å². The number of nitrogens with zero attached hydrogens (tertiary/aromatic N) is 4. The number of hydrogen-bond donors (Lipinski definition) is 4. The maximum Gasteiger partial charge on any atom is 0.280 e. The van der Waals surface area contributed by atoms with Crippen LogP contribution in [0.15, 0.2) is 11.1 Å². The largest absolute Gasteiger partial charge is 0.394 e. The van der Waals surface area contributed by atoms with Crippen LogP contribution in [0.4, 0.5) is 5.95 Å². The van der Waals surface area contributed by atoms with E-state index in [0.29, 0.717) is 0 Å². The molecule has 2 aromatic heterocycles. The summed E-state index contributed by atoms with van der Waals surface area (Å²) in [5, 5.41) is 29.3. The van der Waals surface area contributed by atoms with Gasteiger partial charge >= 0.3 is 0 Å². The van der Waals surface area contributed by atoms with Gasteiger partial charge in [-0.05, 0) is 0 Å². The van der Waals surface area contributed by atoms with Crippen molar-refractivity contribution in [1.29, 1.82) is 0 Å². The highest BCUT2D eigenvalue weighted by molar-refractivity contribution is 5.71. The molecule has 0 spiro atoms. The summed E-state index contributed by atoms with van der Waals surface area (Å²) < 4.78 is 51.1. The third kappa shape index (κ3) is 2.16. The topological polar surface area (TPSA) is 137 Å². The number of aliphatic hydroxyl groups excluding tert-OH is 3. The van der Waals surface area contributed by atoms with Crippen molar-refractivity contribution in [1.82, 2.24) is 19.5 Å². The van der Waals surface area contributed by atoms with E-state index in [9.17, 15) is 20.1 Å². The molecule has 3 rings (SSSR count). The van der Waals surface area contributed by atoms with Crippen molar-refractivity contribution in [2.75, 3.05) is 25.5 Å². The van der Waals surface area contributed by atoms with E-state index >= 15 is 0 Å². The van der Waals surface area contributed by atoms with Crippen LogP contribution in [0.5, 0.6) is 0 Å². The standard InChI is InChI=1S/C12H17N5O5/c1-16(2)12-14-9-6(10(21)15-12)13-4-17(9)11-8(20)7(19)5(3-18)22-11/h4-5,7-8,11,18-20H,3H2,1-2H3,(H,14,15,21)/t5-,7-,8-,11-/m1/s1/i1D3,2D3. The van der Waals surface area contributed by atoms with E-state index in [2.05, 4.69) is 15.0 Å². The molecule has 1 fully saturated rings. The predicted octanol–water partition coefficient (Wildman–Crippen LogP) is -2.20. The fourth-order valence-corrected chi connectivity index (χ4v) is 2.32. The molecular weight excluding hydrogens is 294 g/mol. The first-order chi connectivity index (χ1) is 12.9. The Labute approximate surface area is 133 Å². The molecule has 0 bridgehead atoms. The van der Waals surface area contributed by atoms with Gasteiger partial charge in [-0.1, -0.05) is 0 Å². The molecule has 1 saturated heterocycles. The summed E-state index contributed by atoms with van der Waals surface area (Å²) in [5.41, 5.74) is -1.45. The zero-order valence-electron chi connectivity index (χ0n) is 17.0. The monoisotopic (exact) mass is 317 g/mol. The summed E-state index contributed by atoms with van der Waals surface area (Å²) in [4.78, 5) is 22.1. The molecule has 1 aliphatic heterocycles. The molecule has 0 aromatic carbocycles. The number of H-pyrrole nitrogens is 1. The van der Waals surface area contributed by atoms with Crippen LogP contribution in [-0.2, 0) is 4.74 Å². The predicted molar refractivity (Wildman–Crippen MR) is 75.5 cm³/mol. The number of imidazole rings is 1. The molecule has 3 heterocycles. The van der Waals surface area contributed by atoms with Crippen molar-refractivity contribution in [3.63, 3.8) is 0 Å². The summed E-state index contributed by atoms with van der Waals surface area (Å²) >= 11 is 0. The summed E-state index contributed by atoms with van der Waals surface area (Å²) in [6, 6.07) is 0. The van der Waals surface area contributed by atoms with E-state index in [0.717, 1.165) is 10.9 Å². The van der Waals surface area contributed by atoms with Gasteiger partial charge in [-0.15, -0.1) is 0 Å². The fourth-order valence-electron chi connectivity index (χ4n) is 2.32. The minimum atomic E-state index is -3.15. The highest BCUT2D eigenvalue weighted by Crippen LogP contribution is 2.30. The zero-order chi connectivity index (χ0) is 21.0. The normalized spacial score (nSPS) is 33.6. The van der Waals surface area contributed by atoms with Gasteiger partial charge in [-0.25, -0.2) is 4.98 Å². The van der Waals surface area contributed by atoms with Crippen LogP contribution in [0, 0.1) is 0 Å². The number of anilines is 1. The zero-order valence-corrected chi connectivity index (χ0v) is 11.0. The summed E-state index contributed by atoms with van der Waals surface area (Å²) in [6.45, 7) is -6.89. The van der Waals surface area contributed by atoms with E-state index in [4.69, 9.17) is 13.0 Å². The molecule has 120 valence electrons. The average molecular weight is 317 g/mol. The first-order valence-corrected chi connectivity index (χ1v) is 6.26. The quantitative estimate of drug-likeness (QED) is 0.500. The lowest BCUT2D eigenvalue weighted by molar-refractivity contribution is -0.0511. The molecule has 10 heteroatoms. The highest BCUT2D eigenvalue weighted by Gasteiger charge is 2.44. The highest BCUT2D eigenvalue weighted by atomic mass is 16.6. The minimum absolute atomic E-state index is 0.00448. The van der Waals surface area contributed by atoms with Crippen molar-refractivity contribution in [2.45, 2.75) is 24.5 Å². The molecule has 0 aliphatic carbocycles. The van der Waals surface area contributed by atoms with Gasteiger partial charge in [0.15, 0.2) is 17.4 Å². The average Bonchev–Trinajstić information content (AvgIpc) is 3.07. The van der Waals surface area contributed by atoms with Gasteiger partial charge in [-0.2, -0.15) is 4.98 Å². The van der Waals surface area contributed by atoms with Crippen LogP contribution >= 0.6 is 0 Å². The molecule has 4 N–H and O–H groups in total. The number of aromatic amines is 1. The molecule has 0 amide bonds. The molecule has 1 aliphatic rings. The molecule has 0 unspecified atom stereocenters. The second-order valence-corrected chi connectivity index (χ2v) is 4.78. The molecule has 0 radical (unpaired) electrons. The van der Waals surface area contributed by atoms with E-state index in [1.807, 2.05) is 0 Å². The third-order valence-corrected chi connectivity index (χ3v) is 3.42. The lowest BCUT2D eigenvalue weighted by atomic mass is 10.1. The number of rotatable bonds is 3. The van der Waals surface area contributed by atoms with Crippen LogP contribution in [0.1, 0.15) is 14.5 Å². The van der Waals surface area contributed by atoms with Gasteiger partial charge in [0, 0.05) is 22.2 Å². The minimum Gasteiger partial charge on any atom is -0.394 e. The van der Waals surface area contributed by atoms with Gasteiger partial charge in [0.1, 0.15) is 18.3 Å². The maximum absolute atomic E-state index is 12.3. The Morgan fingerprint density at radius 1 is 1.50 bits per heavy atom. The maximum atomic E-state index is 12.3. The van der Waals surface area contributed by atoms with Crippen LogP contribution in [-0.4, -0.2) is 73.7 Å². The number of aromatic nitrogens is 4. The molecule has 0 saturated carbocycles. The van der Waals surface area contributed by atoms with E-state index in [1.165, 1.54) is 0 Å². The van der Waals surface area contributed by atoms with Crippen molar-refractivity contribution >= 4 is 17.1 Å². The Kier molecular flexibility index (Phi) is 2.22. The Bertz CT molecular complexity index is 912. The Hall–Kier alpha value is -2.01. The third-order valence-electron chi connectivity index (χ3n) is 3.42.